The molecule has 3 aromatic carbocycles. The number of hydrazone groups is 1. The Kier molecular flexibility index (Phi) is 6.56. The molecule has 0 bridgehead atoms. The van der Waals surface area contributed by atoms with Crippen molar-refractivity contribution in [3.8, 4) is 22.8 Å². The van der Waals surface area contributed by atoms with Gasteiger partial charge in [-0.25, -0.2) is 10.4 Å². The second kappa shape index (κ2) is 9.39. The molecular formula is C24H16BrCl2N3O3. The van der Waals surface area contributed by atoms with Gasteiger partial charge in [0.1, 0.15) is 11.5 Å². The molecule has 4 rings (SSSR count). The van der Waals surface area contributed by atoms with E-state index in [1.807, 2.05) is 6.07 Å². The van der Waals surface area contributed by atoms with E-state index in [-0.39, 0.29) is 16.5 Å². The summed E-state index contributed by atoms with van der Waals surface area (Å²) in [6.45, 7) is 1.62. The number of benzene rings is 3. The molecule has 6 nitrogen and oxygen atoms in total. The molecule has 1 heterocycles. The summed E-state index contributed by atoms with van der Waals surface area (Å²) in [5.74, 6) is -0.507. The first-order valence-electron chi connectivity index (χ1n) is 9.65. The molecular weight excluding hydrogens is 529 g/mol. The lowest BCUT2D eigenvalue weighted by molar-refractivity contribution is 0.0956. The molecule has 0 aliphatic heterocycles. The fourth-order valence-corrected chi connectivity index (χ4v) is 4.12. The van der Waals surface area contributed by atoms with Gasteiger partial charge in [-0.3, -0.25) is 4.79 Å². The summed E-state index contributed by atoms with van der Waals surface area (Å²) in [6, 6.07) is 16.6. The van der Waals surface area contributed by atoms with Crippen LogP contribution in [0.3, 0.4) is 0 Å². The van der Waals surface area contributed by atoms with E-state index in [9.17, 15) is 15.0 Å². The Labute approximate surface area is 207 Å². The third-order valence-electron chi connectivity index (χ3n) is 4.92. The number of amides is 1. The standard InChI is InChI=1S/C24H16BrCl2N3O3/c1-12(17-9-15(26)10-20(27)23(17)32)29-30-24(33)19-11-22(13-2-5-16(31)6-3-13)28-21-7-4-14(25)8-18(19)21/h2-11,31-32H,1H3,(H,30,33)/b29-12+. The second-order valence-electron chi connectivity index (χ2n) is 7.19. The van der Waals surface area contributed by atoms with Crippen LogP contribution in [0, 0.1) is 0 Å². The van der Waals surface area contributed by atoms with Gasteiger partial charge in [-0.15, -0.1) is 0 Å². The number of rotatable bonds is 4. The maximum absolute atomic E-state index is 13.1. The molecule has 0 atom stereocenters. The Morgan fingerprint density at radius 1 is 1.00 bits per heavy atom. The Bertz CT molecular complexity index is 1420. The van der Waals surface area contributed by atoms with Crippen LogP contribution >= 0.6 is 39.1 Å². The summed E-state index contributed by atoms with van der Waals surface area (Å²) in [5, 5.41) is 25.0. The van der Waals surface area contributed by atoms with Crippen molar-refractivity contribution >= 4 is 61.7 Å². The van der Waals surface area contributed by atoms with Crippen LogP contribution in [-0.4, -0.2) is 26.8 Å². The van der Waals surface area contributed by atoms with E-state index in [0.29, 0.717) is 38.5 Å². The van der Waals surface area contributed by atoms with Gasteiger partial charge >= 0.3 is 0 Å². The van der Waals surface area contributed by atoms with Crippen LogP contribution in [0.2, 0.25) is 10.0 Å². The van der Waals surface area contributed by atoms with Gasteiger partial charge in [-0.1, -0.05) is 39.1 Å². The van der Waals surface area contributed by atoms with Gasteiger partial charge in [0.2, 0.25) is 0 Å². The Balaban J connectivity index is 1.75. The van der Waals surface area contributed by atoms with Crippen molar-refractivity contribution in [2.75, 3.05) is 0 Å². The zero-order valence-corrected chi connectivity index (χ0v) is 20.2. The van der Waals surface area contributed by atoms with E-state index in [1.54, 1.807) is 49.4 Å². The molecule has 0 radical (unpaired) electrons. The number of halogens is 3. The highest BCUT2D eigenvalue weighted by Gasteiger charge is 2.16. The molecule has 3 N–H and O–H groups in total. The number of carbonyl (C=O) groups is 1. The van der Waals surface area contributed by atoms with Crippen LogP contribution in [0.4, 0.5) is 0 Å². The van der Waals surface area contributed by atoms with Crippen LogP contribution in [-0.2, 0) is 0 Å². The van der Waals surface area contributed by atoms with Crippen LogP contribution < -0.4 is 5.43 Å². The van der Waals surface area contributed by atoms with Crippen molar-refractivity contribution in [2.24, 2.45) is 5.10 Å². The molecule has 0 spiro atoms. The summed E-state index contributed by atoms with van der Waals surface area (Å²) in [4.78, 5) is 17.8. The van der Waals surface area contributed by atoms with E-state index in [1.165, 1.54) is 12.1 Å². The summed E-state index contributed by atoms with van der Waals surface area (Å²) in [5.41, 5.74) is 5.44. The Hall–Kier alpha value is -3.13. The zero-order chi connectivity index (χ0) is 23.7. The van der Waals surface area contributed by atoms with Crippen molar-refractivity contribution in [2.45, 2.75) is 6.92 Å². The molecule has 166 valence electrons. The van der Waals surface area contributed by atoms with E-state index in [0.717, 1.165) is 10.0 Å². The number of carbonyl (C=O) groups excluding carboxylic acids is 1. The van der Waals surface area contributed by atoms with Gasteiger partial charge in [0, 0.05) is 26.0 Å². The van der Waals surface area contributed by atoms with E-state index in [4.69, 9.17) is 23.2 Å². The van der Waals surface area contributed by atoms with Gasteiger partial charge in [-0.05, 0) is 67.6 Å². The number of pyridine rings is 1. The molecule has 0 unspecified atom stereocenters. The number of aromatic hydroxyl groups is 2. The zero-order valence-electron chi connectivity index (χ0n) is 17.1. The molecule has 0 aliphatic carbocycles. The highest BCUT2D eigenvalue weighted by atomic mass is 79.9. The predicted octanol–water partition coefficient (Wildman–Crippen LogP) is 6.54. The second-order valence-corrected chi connectivity index (χ2v) is 8.94. The first-order valence-corrected chi connectivity index (χ1v) is 11.2. The van der Waals surface area contributed by atoms with Crippen molar-refractivity contribution in [1.29, 1.82) is 0 Å². The van der Waals surface area contributed by atoms with Gasteiger partial charge in [0.25, 0.3) is 5.91 Å². The molecule has 1 amide bonds. The lowest BCUT2D eigenvalue weighted by Gasteiger charge is -2.11. The van der Waals surface area contributed by atoms with Crippen LogP contribution in [0.5, 0.6) is 11.5 Å². The van der Waals surface area contributed by atoms with E-state index >= 15 is 0 Å². The first-order chi connectivity index (χ1) is 15.7. The van der Waals surface area contributed by atoms with E-state index in [2.05, 4.69) is 31.4 Å². The lowest BCUT2D eigenvalue weighted by atomic mass is 10.0. The number of nitrogens with one attached hydrogen (secondary N) is 1. The van der Waals surface area contributed by atoms with Crippen LogP contribution in [0.15, 0.2) is 70.2 Å². The summed E-state index contributed by atoms with van der Waals surface area (Å²) in [6.07, 6.45) is 0. The maximum Gasteiger partial charge on any atom is 0.272 e. The largest absolute Gasteiger partial charge is 0.508 e. The Morgan fingerprint density at radius 2 is 1.73 bits per heavy atom. The monoisotopic (exact) mass is 543 g/mol. The number of aromatic nitrogens is 1. The van der Waals surface area contributed by atoms with Crippen LogP contribution in [0.25, 0.3) is 22.2 Å². The Morgan fingerprint density at radius 3 is 2.45 bits per heavy atom. The minimum absolute atomic E-state index is 0.0851. The quantitative estimate of drug-likeness (QED) is 0.201. The molecule has 0 aliphatic rings. The average molecular weight is 545 g/mol. The minimum Gasteiger partial charge on any atom is -0.508 e. The summed E-state index contributed by atoms with van der Waals surface area (Å²) in [7, 11) is 0. The van der Waals surface area contributed by atoms with Crippen molar-refractivity contribution < 1.29 is 15.0 Å². The minimum atomic E-state index is -0.465. The molecule has 33 heavy (non-hydrogen) atoms. The molecule has 4 aromatic rings. The van der Waals surface area contributed by atoms with Crippen LogP contribution in [0.1, 0.15) is 22.8 Å². The van der Waals surface area contributed by atoms with Gasteiger partial charge < -0.3 is 10.2 Å². The van der Waals surface area contributed by atoms with Crippen molar-refractivity contribution in [3.05, 3.63) is 86.3 Å². The number of nitrogens with zero attached hydrogens (tertiary/aromatic N) is 2. The SMILES string of the molecule is C/C(=N\NC(=O)c1cc(-c2ccc(O)cc2)nc2ccc(Br)cc12)c1cc(Cl)cc(Cl)c1O. The predicted molar refractivity (Wildman–Crippen MR) is 134 cm³/mol. The summed E-state index contributed by atoms with van der Waals surface area (Å²) < 4.78 is 0.793. The fourth-order valence-electron chi connectivity index (χ4n) is 3.26. The lowest BCUT2D eigenvalue weighted by Crippen LogP contribution is -2.20. The third-order valence-corrected chi connectivity index (χ3v) is 5.92. The normalized spacial score (nSPS) is 11.6. The number of phenols is 2. The number of phenolic OH excluding ortho intramolecular Hbond substituents is 2. The van der Waals surface area contributed by atoms with Crippen molar-refractivity contribution in [1.82, 2.24) is 10.4 Å². The van der Waals surface area contributed by atoms with E-state index < -0.39 is 5.91 Å². The third kappa shape index (κ3) is 4.95. The summed E-state index contributed by atoms with van der Waals surface area (Å²) >= 11 is 15.4. The van der Waals surface area contributed by atoms with Gasteiger partial charge in [0.05, 0.1) is 27.5 Å². The smallest absolute Gasteiger partial charge is 0.272 e. The molecule has 0 saturated carbocycles. The maximum atomic E-state index is 13.1. The average Bonchev–Trinajstić information content (AvgIpc) is 2.79. The molecule has 0 fully saturated rings. The number of fused-ring (bicyclic) bond motifs is 1. The molecule has 1 aromatic heterocycles. The molecule has 9 heteroatoms. The highest BCUT2D eigenvalue weighted by molar-refractivity contribution is 9.10. The topological polar surface area (TPSA) is 94.8 Å². The van der Waals surface area contributed by atoms with Gasteiger partial charge in [0.15, 0.2) is 0 Å². The number of hydrogen-bond donors (Lipinski definition) is 3. The number of hydrogen-bond acceptors (Lipinski definition) is 5. The first kappa shape index (κ1) is 23.0. The van der Waals surface area contributed by atoms with Crippen molar-refractivity contribution in [3.63, 3.8) is 0 Å². The highest BCUT2D eigenvalue weighted by Crippen LogP contribution is 2.32. The fraction of sp³-hybridized carbons (Fsp3) is 0.0417. The molecule has 0 saturated heterocycles. The van der Waals surface area contributed by atoms with Gasteiger partial charge in [-0.2, -0.15) is 5.10 Å².